The molecule has 0 spiro atoms. The molecule has 0 saturated heterocycles. The molecule has 0 fully saturated rings. The molecular formula is C18H18FN3O. The molecule has 0 saturated carbocycles. The molecule has 0 bridgehead atoms. The summed E-state index contributed by atoms with van der Waals surface area (Å²) in [5, 5.41) is 2.90. The second kappa shape index (κ2) is 6.20. The van der Waals surface area contributed by atoms with E-state index in [9.17, 15) is 9.18 Å². The van der Waals surface area contributed by atoms with Gasteiger partial charge >= 0.3 is 0 Å². The number of carbonyl (C=O) groups is 1. The van der Waals surface area contributed by atoms with Crippen molar-refractivity contribution in [2.45, 2.75) is 20.3 Å². The molecule has 118 valence electrons. The number of benzene rings is 1. The third-order valence-corrected chi connectivity index (χ3v) is 3.78. The highest BCUT2D eigenvalue weighted by atomic mass is 19.1. The van der Waals surface area contributed by atoms with E-state index in [0.29, 0.717) is 24.4 Å². The van der Waals surface area contributed by atoms with Crippen molar-refractivity contribution in [1.29, 1.82) is 0 Å². The number of aryl methyl sites for hydroxylation is 2. The van der Waals surface area contributed by atoms with Crippen LogP contribution in [0, 0.1) is 19.7 Å². The molecule has 1 N–H and O–H groups in total. The molecule has 1 aromatic carbocycles. The predicted molar refractivity (Wildman–Crippen MR) is 87.1 cm³/mol. The van der Waals surface area contributed by atoms with Crippen molar-refractivity contribution in [3.63, 3.8) is 0 Å². The summed E-state index contributed by atoms with van der Waals surface area (Å²) in [5.41, 5.74) is 4.11. The molecule has 2 aromatic heterocycles. The largest absolute Gasteiger partial charge is 0.350 e. The van der Waals surface area contributed by atoms with Crippen LogP contribution in [0.1, 0.15) is 27.3 Å². The smallest absolute Gasteiger partial charge is 0.270 e. The fourth-order valence-electron chi connectivity index (χ4n) is 2.59. The Hall–Kier alpha value is -2.69. The second-order valence-electron chi connectivity index (χ2n) is 5.61. The van der Waals surface area contributed by atoms with Crippen LogP contribution in [0.25, 0.3) is 5.65 Å². The van der Waals surface area contributed by atoms with Gasteiger partial charge in [-0.15, -0.1) is 0 Å². The number of halogens is 1. The monoisotopic (exact) mass is 311 g/mol. The van der Waals surface area contributed by atoms with E-state index < -0.39 is 0 Å². The quantitative estimate of drug-likeness (QED) is 0.805. The summed E-state index contributed by atoms with van der Waals surface area (Å²) in [7, 11) is 0. The van der Waals surface area contributed by atoms with Gasteiger partial charge in [-0.25, -0.2) is 9.37 Å². The van der Waals surface area contributed by atoms with Gasteiger partial charge < -0.3 is 5.32 Å². The average molecular weight is 311 g/mol. The SMILES string of the molecule is Cc1ccn2c(C(=O)NCCc3ccc(F)cc3)c(C)nc2c1. The molecule has 0 aliphatic carbocycles. The minimum absolute atomic E-state index is 0.152. The molecule has 3 rings (SSSR count). The number of fused-ring (bicyclic) bond motifs is 1. The highest BCUT2D eigenvalue weighted by molar-refractivity contribution is 5.94. The summed E-state index contributed by atoms with van der Waals surface area (Å²) in [6.07, 6.45) is 2.51. The lowest BCUT2D eigenvalue weighted by atomic mass is 10.1. The minimum atomic E-state index is -0.255. The highest BCUT2D eigenvalue weighted by Gasteiger charge is 2.16. The fourth-order valence-corrected chi connectivity index (χ4v) is 2.59. The highest BCUT2D eigenvalue weighted by Crippen LogP contribution is 2.13. The van der Waals surface area contributed by atoms with Gasteiger partial charge in [0.2, 0.25) is 0 Å². The van der Waals surface area contributed by atoms with Crippen LogP contribution in [0.2, 0.25) is 0 Å². The van der Waals surface area contributed by atoms with Gasteiger partial charge in [-0.3, -0.25) is 9.20 Å². The molecule has 0 aliphatic rings. The van der Waals surface area contributed by atoms with Gasteiger partial charge in [0, 0.05) is 12.7 Å². The number of hydrogen-bond donors (Lipinski definition) is 1. The van der Waals surface area contributed by atoms with E-state index in [1.165, 1.54) is 12.1 Å². The zero-order valence-electron chi connectivity index (χ0n) is 13.1. The van der Waals surface area contributed by atoms with Gasteiger partial charge in [0.1, 0.15) is 17.2 Å². The first-order valence-corrected chi connectivity index (χ1v) is 7.52. The number of imidazole rings is 1. The number of carbonyl (C=O) groups excluding carboxylic acids is 1. The number of nitrogens with one attached hydrogen (secondary N) is 1. The Balaban J connectivity index is 1.71. The number of pyridine rings is 1. The second-order valence-corrected chi connectivity index (χ2v) is 5.61. The number of amides is 1. The normalized spacial score (nSPS) is 10.9. The number of rotatable bonds is 4. The van der Waals surface area contributed by atoms with Crippen molar-refractivity contribution in [2.75, 3.05) is 6.54 Å². The van der Waals surface area contributed by atoms with E-state index in [2.05, 4.69) is 10.3 Å². The Morgan fingerprint density at radius 3 is 2.70 bits per heavy atom. The molecule has 2 heterocycles. The van der Waals surface area contributed by atoms with Crippen LogP contribution in [-0.4, -0.2) is 21.8 Å². The molecule has 5 heteroatoms. The van der Waals surface area contributed by atoms with Crippen molar-refractivity contribution in [1.82, 2.24) is 14.7 Å². The first kappa shape index (κ1) is 15.2. The molecule has 1 amide bonds. The lowest BCUT2D eigenvalue weighted by molar-refractivity contribution is 0.0947. The zero-order valence-corrected chi connectivity index (χ0v) is 13.1. The number of aromatic nitrogens is 2. The van der Waals surface area contributed by atoms with E-state index in [1.807, 2.05) is 32.2 Å². The van der Waals surface area contributed by atoms with E-state index in [1.54, 1.807) is 16.5 Å². The lowest BCUT2D eigenvalue weighted by Crippen LogP contribution is -2.27. The molecule has 23 heavy (non-hydrogen) atoms. The van der Waals surface area contributed by atoms with Crippen LogP contribution in [0.15, 0.2) is 42.6 Å². The minimum Gasteiger partial charge on any atom is -0.350 e. The Kier molecular flexibility index (Phi) is 4.10. The summed E-state index contributed by atoms with van der Waals surface area (Å²) < 4.78 is 14.7. The molecular weight excluding hydrogens is 293 g/mol. The van der Waals surface area contributed by atoms with Crippen molar-refractivity contribution in [2.24, 2.45) is 0 Å². The zero-order chi connectivity index (χ0) is 16.4. The summed E-state index contributed by atoms with van der Waals surface area (Å²) in [6, 6.07) is 10.2. The molecule has 3 aromatic rings. The van der Waals surface area contributed by atoms with E-state index >= 15 is 0 Å². The fraction of sp³-hybridized carbons (Fsp3) is 0.222. The van der Waals surface area contributed by atoms with Crippen LogP contribution < -0.4 is 5.32 Å². The van der Waals surface area contributed by atoms with Gasteiger partial charge in [-0.05, 0) is 55.7 Å². The van der Waals surface area contributed by atoms with Gasteiger partial charge in [-0.1, -0.05) is 12.1 Å². The van der Waals surface area contributed by atoms with E-state index in [0.717, 1.165) is 16.8 Å². The molecule has 0 aliphatic heterocycles. The number of hydrogen-bond acceptors (Lipinski definition) is 2. The van der Waals surface area contributed by atoms with Crippen molar-refractivity contribution < 1.29 is 9.18 Å². The molecule has 0 unspecified atom stereocenters. The maximum Gasteiger partial charge on any atom is 0.270 e. The summed E-state index contributed by atoms with van der Waals surface area (Å²) in [4.78, 5) is 16.9. The predicted octanol–water partition coefficient (Wildman–Crippen LogP) is 3.06. The van der Waals surface area contributed by atoms with Crippen molar-refractivity contribution in [3.8, 4) is 0 Å². The topological polar surface area (TPSA) is 46.4 Å². The average Bonchev–Trinajstić information content (AvgIpc) is 2.84. The van der Waals surface area contributed by atoms with Crippen LogP contribution in [0.4, 0.5) is 4.39 Å². The van der Waals surface area contributed by atoms with Crippen LogP contribution in [0.3, 0.4) is 0 Å². The Bertz CT molecular complexity index is 853. The molecule has 0 radical (unpaired) electrons. The summed E-state index contributed by atoms with van der Waals surface area (Å²) >= 11 is 0. The van der Waals surface area contributed by atoms with Gasteiger partial charge in [0.25, 0.3) is 5.91 Å². The molecule has 4 nitrogen and oxygen atoms in total. The van der Waals surface area contributed by atoms with Crippen LogP contribution in [-0.2, 0) is 6.42 Å². The number of nitrogens with zero attached hydrogens (tertiary/aromatic N) is 2. The maximum absolute atomic E-state index is 12.9. The van der Waals surface area contributed by atoms with E-state index in [4.69, 9.17) is 0 Å². The summed E-state index contributed by atoms with van der Waals surface area (Å²) in [6.45, 7) is 4.31. The third kappa shape index (κ3) is 3.23. The Labute approximate surface area is 134 Å². The van der Waals surface area contributed by atoms with Crippen LogP contribution in [0.5, 0.6) is 0 Å². The van der Waals surface area contributed by atoms with Gasteiger partial charge in [0.15, 0.2) is 0 Å². The Morgan fingerprint density at radius 1 is 1.22 bits per heavy atom. The van der Waals surface area contributed by atoms with Crippen LogP contribution >= 0.6 is 0 Å². The maximum atomic E-state index is 12.9. The standard InChI is InChI=1S/C18H18FN3O/c1-12-8-10-22-16(11-12)21-13(2)17(22)18(23)20-9-7-14-3-5-15(19)6-4-14/h3-6,8,10-11H,7,9H2,1-2H3,(H,20,23). The van der Waals surface area contributed by atoms with Crippen molar-refractivity contribution in [3.05, 3.63) is 70.9 Å². The van der Waals surface area contributed by atoms with Gasteiger partial charge in [0.05, 0.1) is 5.69 Å². The third-order valence-electron chi connectivity index (χ3n) is 3.78. The molecule has 0 atom stereocenters. The van der Waals surface area contributed by atoms with Gasteiger partial charge in [-0.2, -0.15) is 0 Å². The Morgan fingerprint density at radius 2 is 1.96 bits per heavy atom. The summed E-state index contributed by atoms with van der Waals surface area (Å²) in [5.74, 6) is -0.407. The lowest BCUT2D eigenvalue weighted by Gasteiger charge is -2.06. The van der Waals surface area contributed by atoms with E-state index in [-0.39, 0.29) is 11.7 Å². The first-order chi connectivity index (χ1) is 11.0. The first-order valence-electron chi connectivity index (χ1n) is 7.52. The van der Waals surface area contributed by atoms with Crippen molar-refractivity contribution >= 4 is 11.6 Å².